The number of anilines is 1. The van der Waals surface area contributed by atoms with Crippen molar-refractivity contribution in [1.82, 2.24) is 19.7 Å². The monoisotopic (exact) mass is 446 g/mol. The highest BCUT2D eigenvalue weighted by atomic mass is 31.2. The second kappa shape index (κ2) is 7.89. The molecule has 1 fully saturated rings. The summed E-state index contributed by atoms with van der Waals surface area (Å²) < 4.78 is 52.6. The van der Waals surface area contributed by atoms with Crippen LogP contribution >= 0.6 is 7.75 Å². The van der Waals surface area contributed by atoms with Crippen molar-refractivity contribution in [3.05, 3.63) is 24.2 Å². The predicted molar refractivity (Wildman–Crippen MR) is 97.6 cm³/mol. The quantitative estimate of drug-likeness (QED) is 0.262. The van der Waals surface area contributed by atoms with E-state index in [0.717, 1.165) is 10.8 Å². The van der Waals surface area contributed by atoms with Crippen LogP contribution in [0.15, 0.2) is 18.5 Å². The van der Waals surface area contributed by atoms with E-state index in [1.165, 1.54) is 17.2 Å². The fraction of sp³-hybridized carbons (Fsp3) is 0.467. The normalized spacial score (nSPS) is 32.8. The Morgan fingerprint density at radius 2 is 2.40 bits per heavy atom. The van der Waals surface area contributed by atoms with Gasteiger partial charge in [-0.05, 0) is 19.0 Å². The second-order valence-electron chi connectivity index (χ2n) is 6.21. The fourth-order valence-corrected chi connectivity index (χ4v) is 3.74. The molecule has 6 atom stereocenters. The Labute approximate surface area is 174 Å². The van der Waals surface area contributed by atoms with Crippen molar-refractivity contribution in [2.24, 2.45) is 0 Å². The van der Waals surface area contributed by atoms with Gasteiger partial charge in [0.2, 0.25) is 5.60 Å². The Kier molecular flexibility index (Phi) is 4.50. The summed E-state index contributed by atoms with van der Waals surface area (Å²) in [7, 11) is -5.30. The molecular weight excluding hydrogens is 423 g/mol. The Hall–Kier alpha value is -2.63. The van der Waals surface area contributed by atoms with Crippen molar-refractivity contribution >= 4 is 25.1 Å². The van der Waals surface area contributed by atoms with E-state index < -0.39 is 57.1 Å². The van der Waals surface area contributed by atoms with E-state index >= 15 is 0 Å². The van der Waals surface area contributed by atoms with Crippen LogP contribution in [-0.2, 0) is 24.2 Å². The molecule has 3 rings (SSSR count). The number of nitriles is 1. The summed E-state index contributed by atoms with van der Waals surface area (Å²) in [5.74, 6) is -2.23. The minimum Gasteiger partial charge on any atom is -0.480 e. The fourth-order valence-electron chi connectivity index (χ4n) is 2.95. The lowest BCUT2D eigenvalue weighted by atomic mass is 9.92. The van der Waals surface area contributed by atoms with Crippen LogP contribution < -0.4 is 10.8 Å². The summed E-state index contributed by atoms with van der Waals surface area (Å²) in [6.45, 7) is -4.59. The van der Waals surface area contributed by atoms with Gasteiger partial charge in [-0.1, -0.05) is 0 Å². The van der Waals surface area contributed by atoms with Crippen LogP contribution in [0.3, 0.4) is 0 Å². The molecule has 1 aliphatic rings. The number of nitrogens with zero attached hydrogens (tertiary/aromatic N) is 4. The van der Waals surface area contributed by atoms with Crippen molar-refractivity contribution in [1.29, 1.82) is 5.26 Å². The molecule has 2 aromatic rings. The van der Waals surface area contributed by atoms with Crippen LogP contribution in [-0.4, -0.2) is 71.7 Å². The van der Waals surface area contributed by atoms with Gasteiger partial charge in [0, 0.05) is 4.11 Å². The number of carboxylic acids is 1. The molecule has 0 spiro atoms. The molecule has 0 aliphatic carbocycles. The summed E-state index contributed by atoms with van der Waals surface area (Å²) in [6, 6.07) is 0.888. The number of carboxylic acid groups (broad SMARTS) is 1. The zero-order valence-electron chi connectivity index (χ0n) is 18.9. The van der Waals surface area contributed by atoms with Gasteiger partial charge in [0.1, 0.15) is 42.2 Å². The van der Waals surface area contributed by atoms with Crippen LogP contribution in [0.25, 0.3) is 5.52 Å². The van der Waals surface area contributed by atoms with E-state index in [-0.39, 0.29) is 17.0 Å². The SMILES string of the molecule is [2H]C([2H])([2H])[C@]([2H])(NP(=O)(O)OC[C@H]1O[C@@](C#N)(c2ccc3c(N)ncnn23)[C@H](O)[C@@H]1O)C(=O)O. The van der Waals surface area contributed by atoms with Gasteiger partial charge in [-0.3, -0.25) is 9.32 Å². The highest BCUT2D eigenvalue weighted by Gasteiger charge is 2.57. The standard InChI is InChI=1S/C15H19N6O8P/c1-7(14(24)25)20-30(26,27)28-4-9-11(22)12(23)15(5-16,29-9)10-3-2-8-13(17)18-6-19-21(8)10/h2-3,6-7,9,11-12,22-23H,4H2,1H3,(H,24,25)(H2,17,18,19)(H2,20,26,27)/t7-,9+,11+,12+,15-/m0/s1/i1D3,7D. The number of nitrogens with two attached hydrogens (primary N) is 1. The van der Waals surface area contributed by atoms with Crippen molar-refractivity contribution in [3.63, 3.8) is 0 Å². The molecule has 0 bridgehead atoms. The van der Waals surface area contributed by atoms with E-state index in [1.54, 1.807) is 6.07 Å². The van der Waals surface area contributed by atoms with Crippen molar-refractivity contribution in [2.45, 2.75) is 36.8 Å². The molecular formula is C15H19N6O8P. The van der Waals surface area contributed by atoms with Gasteiger partial charge < -0.3 is 30.7 Å². The summed E-state index contributed by atoms with van der Waals surface area (Å²) in [5, 5.41) is 45.1. The smallest absolute Gasteiger partial charge is 0.403 e. The first-order chi connectivity index (χ1) is 15.6. The first kappa shape index (κ1) is 17.1. The van der Waals surface area contributed by atoms with E-state index in [2.05, 4.69) is 14.6 Å². The van der Waals surface area contributed by atoms with Gasteiger partial charge in [-0.15, -0.1) is 0 Å². The van der Waals surface area contributed by atoms with Crippen LogP contribution in [0, 0.1) is 11.3 Å². The van der Waals surface area contributed by atoms with Crippen LogP contribution in [0.4, 0.5) is 5.82 Å². The zero-order chi connectivity index (χ0) is 25.7. The number of aliphatic carboxylic acids is 1. The molecule has 3 heterocycles. The van der Waals surface area contributed by atoms with E-state index in [1.807, 2.05) is 0 Å². The molecule has 162 valence electrons. The number of hydrogen-bond acceptors (Lipinski definition) is 10. The number of hydrogen-bond donors (Lipinski definition) is 6. The maximum Gasteiger partial charge on any atom is 0.403 e. The van der Waals surface area contributed by atoms with Crippen LogP contribution in [0.2, 0.25) is 0 Å². The molecule has 0 saturated carbocycles. The van der Waals surface area contributed by atoms with E-state index in [0.29, 0.717) is 0 Å². The Morgan fingerprint density at radius 3 is 3.03 bits per heavy atom. The number of nitrogens with one attached hydrogen (secondary N) is 1. The lowest BCUT2D eigenvalue weighted by Crippen LogP contribution is -2.41. The van der Waals surface area contributed by atoms with Crippen molar-refractivity contribution in [2.75, 3.05) is 12.3 Å². The number of rotatable bonds is 7. The Bertz CT molecular complexity index is 1210. The lowest BCUT2D eigenvalue weighted by molar-refractivity contribution is -0.138. The van der Waals surface area contributed by atoms with E-state index in [4.69, 9.17) is 21.1 Å². The molecule has 1 aliphatic heterocycles. The summed E-state index contributed by atoms with van der Waals surface area (Å²) in [6.07, 6.45) is -4.32. The summed E-state index contributed by atoms with van der Waals surface area (Å²) in [4.78, 5) is 24.9. The average Bonchev–Trinajstić information content (AvgIpc) is 3.27. The number of aromatic nitrogens is 3. The average molecular weight is 446 g/mol. The molecule has 7 N–H and O–H groups in total. The number of aliphatic hydroxyl groups is 2. The first-order valence-corrected chi connectivity index (χ1v) is 9.71. The minimum atomic E-state index is -5.30. The third-order valence-corrected chi connectivity index (χ3v) is 5.37. The molecule has 0 amide bonds. The van der Waals surface area contributed by atoms with Crippen molar-refractivity contribution < 1.29 is 44.3 Å². The molecule has 30 heavy (non-hydrogen) atoms. The number of nitrogen functional groups attached to an aromatic ring is 1. The molecule has 0 radical (unpaired) electrons. The predicted octanol–water partition coefficient (Wildman–Crippen LogP) is -1.67. The number of carbonyl (C=O) groups is 1. The van der Waals surface area contributed by atoms with Crippen LogP contribution in [0.5, 0.6) is 0 Å². The molecule has 1 unspecified atom stereocenters. The van der Waals surface area contributed by atoms with Gasteiger partial charge in [0.15, 0.2) is 5.82 Å². The molecule has 15 heteroatoms. The molecule has 0 aromatic carbocycles. The highest BCUT2D eigenvalue weighted by Crippen LogP contribution is 2.43. The Morgan fingerprint density at radius 1 is 1.67 bits per heavy atom. The third kappa shape index (κ3) is 3.75. The van der Waals surface area contributed by atoms with Gasteiger partial charge in [0.25, 0.3) is 0 Å². The van der Waals surface area contributed by atoms with E-state index in [9.17, 15) is 29.7 Å². The molecule has 2 aromatic heterocycles. The third-order valence-electron chi connectivity index (χ3n) is 4.37. The highest BCUT2D eigenvalue weighted by molar-refractivity contribution is 7.50. The summed E-state index contributed by atoms with van der Waals surface area (Å²) in [5.41, 5.74) is 3.70. The van der Waals surface area contributed by atoms with Crippen LogP contribution in [0.1, 0.15) is 18.0 Å². The first-order valence-electron chi connectivity index (χ1n) is 10.1. The second-order valence-corrected chi connectivity index (χ2v) is 7.73. The maximum atomic E-state index is 12.3. The number of aliphatic hydroxyl groups excluding tert-OH is 2. The Balaban J connectivity index is 1.85. The topological polar surface area (TPSA) is 226 Å². The largest absolute Gasteiger partial charge is 0.480 e. The van der Waals surface area contributed by atoms with Gasteiger partial charge >= 0.3 is 13.7 Å². The van der Waals surface area contributed by atoms with Gasteiger partial charge in [0.05, 0.1) is 13.7 Å². The summed E-state index contributed by atoms with van der Waals surface area (Å²) >= 11 is 0. The zero-order valence-corrected chi connectivity index (χ0v) is 15.8. The number of ether oxygens (including phenoxy) is 1. The molecule has 1 saturated heterocycles. The molecule has 14 nitrogen and oxygen atoms in total. The van der Waals surface area contributed by atoms with Crippen molar-refractivity contribution in [3.8, 4) is 6.07 Å². The lowest BCUT2D eigenvalue weighted by Gasteiger charge is -2.24. The minimum absolute atomic E-state index is 0.0427. The van der Waals surface area contributed by atoms with Gasteiger partial charge in [-0.25, -0.2) is 19.2 Å². The number of fused-ring (bicyclic) bond motifs is 1. The maximum absolute atomic E-state index is 12.3. The van der Waals surface area contributed by atoms with Gasteiger partial charge in [-0.2, -0.15) is 10.4 Å².